The third kappa shape index (κ3) is 14.4. The Balaban J connectivity index is 3.18. The van der Waals surface area contributed by atoms with Gasteiger partial charge in [-0.15, -0.1) is 0 Å². The summed E-state index contributed by atoms with van der Waals surface area (Å²) in [5.41, 5.74) is 0. The van der Waals surface area contributed by atoms with Crippen LogP contribution < -0.4 is 5.32 Å². The van der Waals surface area contributed by atoms with E-state index >= 15 is 0 Å². The SMILES string of the molecule is CCCCCCCCOCC(O)CNCC(C)SC. The lowest BCUT2D eigenvalue weighted by Crippen LogP contribution is -2.33. The normalized spacial score (nSPS) is 14.5. The van der Waals surface area contributed by atoms with Gasteiger partial charge in [0.2, 0.25) is 0 Å². The first kappa shape index (κ1) is 19.2. The molecule has 0 fully saturated rings. The van der Waals surface area contributed by atoms with Crippen molar-refractivity contribution in [3.05, 3.63) is 0 Å². The molecule has 0 aliphatic carbocycles. The molecule has 4 heteroatoms. The minimum Gasteiger partial charge on any atom is -0.389 e. The number of nitrogens with one attached hydrogen (secondary N) is 1. The summed E-state index contributed by atoms with van der Waals surface area (Å²) in [5, 5.41) is 13.6. The van der Waals surface area contributed by atoms with E-state index in [9.17, 15) is 5.11 Å². The van der Waals surface area contributed by atoms with Crippen molar-refractivity contribution >= 4 is 11.8 Å². The second-order valence-electron chi connectivity index (χ2n) is 5.20. The molecule has 19 heavy (non-hydrogen) atoms. The highest BCUT2D eigenvalue weighted by molar-refractivity contribution is 7.99. The molecule has 0 heterocycles. The largest absolute Gasteiger partial charge is 0.389 e. The Morgan fingerprint density at radius 2 is 1.79 bits per heavy atom. The molecule has 0 aromatic carbocycles. The minimum atomic E-state index is -0.380. The van der Waals surface area contributed by atoms with Crippen molar-refractivity contribution in [3.63, 3.8) is 0 Å². The first-order valence-corrected chi connectivity index (χ1v) is 8.98. The molecule has 0 aromatic rings. The molecular weight excluding hydrogens is 258 g/mol. The van der Waals surface area contributed by atoms with Gasteiger partial charge in [-0.05, 0) is 12.7 Å². The predicted octanol–water partition coefficient (Wildman–Crippen LogP) is 3.07. The number of rotatable bonds is 14. The summed E-state index contributed by atoms with van der Waals surface area (Å²) in [6.45, 7) is 7.22. The fourth-order valence-electron chi connectivity index (χ4n) is 1.80. The minimum absolute atomic E-state index is 0.380. The lowest BCUT2D eigenvalue weighted by Gasteiger charge is -2.14. The highest BCUT2D eigenvalue weighted by Crippen LogP contribution is 2.05. The molecule has 0 radical (unpaired) electrons. The second-order valence-corrected chi connectivity index (χ2v) is 6.48. The quantitative estimate of drug-likeness (QED) is 0.483. The summed E-state index contributed by atoms with van der Waals surface area (Å²) in [5.74, 6) is 0. The zero-order valence-corrected chi connectivity index (χ0v) is 13.8. The molecule has 0 bridgehead atoms. The van der Waals surface area contributed by atoms with Gasteiger partial charge in [0.15, 0.2) is 0 Å². The van der Waals surface area contributed by atoms with Gasteiger partial charge in [0.05, 0.1) is 12.7 Å². The lowest BCUT2D eigenvalue weighted by molar-refractivity contribution is 0.0356. The Bertz CT molecular complexity index is 182. The zero-order valence-electron chi connectivity index (χ0n) is 13.0. The van der Waals surface area contributed by atoms with Crippen LogP contribution in [0.3, 0.4) is 0 Å². The maximum Gasteiger partial charge on any atom is 0.0897 e. The zero-order chi connectivity index (χ0) is 14.3. The lowest BCUT2D eigenvalue weighted by atomic mass is 10.1. The van der Waals surface area contributed by atoms with Crippen LogP contribution in [-0.4, -0.2) is 49.0 Å². The van der Waals surface area contributed by atoms with Gasteiger partial charge in [-0.2, -0.15) is 11.8 Å². The standard InChI is InChI=1S/C15H33NO2S/c1-4-5-6-7-8-9-10-18-13-15(17)12-16-11-14(2)19-3/h14-17H,4-13H2,1-3H3. The molecule has 0 aliphatic rings. The van der Waals surface area contributed by atoms with E-state index < -0.39 is 0 Å². The third-order valence-electron chi connectivity index (χ3n) is 3.17. The summed E-state index contributed by atoms with van der Waals surface area (Å²) in [7, 11) is 0. The number of aliphatic hydroxyl groups is 1. The van der Waals surface area contributed by atoms with Crippen molar-refractivity contribution in [2.24, 2.45) is 0 Å². The first-order chi connectivity index (χ1) is 9.20. The number of hydrogen-bond donors (Lipinski definition) is 2. The molecule has 0 spiro atoms. The van der Waals surface area contributed by atoms with E-state index in [1.54, 1.807) is 0 Å². The average Bonchev–Trinajstić information content (AvgIpc) is 2.41. The Morgan fingerprint density at radius 1 is 1.11 bits per heavy atom. The fourth-order valence-corrected chi connectivity index (χ4v) is 2.08. The second kappa shape index (κ2) is 14.6. The summed E-state index contributed by atoms with van der Waals surface area (Å²) in [6.07, 6.45) is 9.39. The highest BCUT2D eigenvalue weighted by atomic mass is 32.2. The van der Waals surface area contributed by atoms with Crippen LogP contribution >= 0.6 is 11.8 Å². The van der Waals surface area contributed by atoms with Crippen molar-refractivity contribution in [1.82, 2.24) is 5.32 Å². The van der Waals surface area contributed by atoms with Gasteiger partial charge in [-0.25, -0.2) is 0 Å². The average molecular weight is 292 g/mol. The smallest absolute Gasteiger partial charge is 0.0897 e. The van der Waals surface area contributed by atoms with Gasteiger partial charge in [-0.3, -0.25) is 0 Å². The van der Waals surface area contributed by atoms with Crippen LogP contribution in [0.15, 0.2) is 0 Å². The van der Waals surface area contributed by atoms with Gasteiger partial charge in [0, 0.05) is 24.9 Å². The van der Waals surface area contributed by atoms with Gasteiger partial charge in [0.1, 0.15) is 0 Å². The summed E-state index contributed by atoms with van der Waals surface area (Å²) in [6, 6.07) is 0. The number of thioether (sulfide) groups is 1. The van der Waals surface area contributed by atoms with Gasteiger partial charge in [-0.1, -0.05) is 46.0 Å². The van der Waals surface area contributed by atoms with E-state index in [2.05, 4.69) is 25.4 Å². The Kier molecular flexibility index (Phi) is 14.8. The van der Waals surface area contributed by atoms with E-state index in [4.69, 9.17) is 4.74 Å². The van der Waals surface area contributed by atoms with Crippen molar-refractivity contribution < 1.29 is 9.84 Å². The predicted molar refractivity (Wildman–Crippen MR) is 86.0 cm³/mol. The molecular formula is C15H33NO2S. The summed E-state index contributed by atoms with van der Waals surface area (Å²) >= 11 is 1.83. The maximum atomic E-state index is 9.71. The molecule has 0 saturated heterocycles. The third-order valence-corrected chi connectivity index (χ3v) is 4.14. The van der Waals surface area contributed by atoms with Crippen LogP contribution in [0.25, 0.3) is 0 Å². The first-order valence-electron chi connectivity index (χ1n) is 7.70. The van der Waals surface area contributed by atoms with Crippen molar-refractivity contribution in [2.75, 3.05) is 32.6 Å². The topological polar surface area (TPSA) is 41.5 Å². The Labute approximate surface area is 123 Å². The van der Waals surface area contributed by atoms with E-state index in [1.165, 1.54) is 32.1 Å². The highest BCUT2D eigenvalue weighted by Gasteiger charge is 2.05. The van der Waals surface area contributed by atoms with E-state index in [0.717, 1.165) is 19.6 Å². The van der Waals surface area contributed by atoms with Gasteiger partial charge < -0.3 is 15.2 Å². The Hall–Kier alpha value is 0.230. The van der Waals surface area contributed by atoms with Crippen LogP contribution in [0.1, 0.15) is 52.4 Å². The van der Waals surface area contributed by atoms with E-state index in [0.29, 0.717) is 18.4 Å². The van der Waals surface area contributed by atoms with Crippen molar-refractivity contribution in [1.29, 1.82) is 0 Å². The fraction of sp³-hybridized carbons (Fsp3) is 1.00. The van der Waals surface area contributed by atoms with Crippen LogP contribution in [-0.2, 0) is 4.74 Å². The molecule has 2 unspecified atom stereocenters. The molecule has 2 atom stereocenters. The summed E-state index contributed by atoms with van der Waals surface area (Å²) < 4.78 is 5.49. The van der Waals surface area contributed by atoms with Crippen LogP contribution in [0.5, 0.6) is 0 Å². The number of aliphatic hydroxyl groups excluding tert-OH is 1. The molecule has 0 rings (SSSR count). The molecule has 2 N–H and O–H groups in total. The molecule has 0 aliphatic heterocycles. The van der Waals surface area contributed by atoms with Gasteiger partial charge >= 0.3 is 0 Å². The molecule has 0 aromatic heterocycles. The molecule has 3 nitrogen and oxygen atoms in total. The van der Waals surface area contributed by atoms with Crippen LogP contribution in [0.4, 0.5) is 0 Å². The monoisotopic (exact) mass is 291 g/mol. The van der Waals surface area contributed by atoms with Crippen molar-refractivity contribution in [3.8, 4) is 0 Å². The molecule has 116 valence electrons. The van der Waals surface area contributed by atoms with E-state index in [-0.39, 0.29) is 6.10 Å². The molecule has 0 saturated carbocycles. The van der Waals surface area contributed by atoms with Crippen LogP contribution in [0, 0.1) is 0 Å². The number of hydrogen-bond acceptors (Lipinski definition) is 4. The van der Waals surface area contributed by atoms with Crippen LogP contribution in [0.2, 0.25) is 0 Å². The van der Waals surface area contributed by atoms with E-state index in [1.807, 2.05) is 11.8 Å². The van der Waals surface area contributed by atoms with Crippen molar-refractivity contribution in [2.45, 2.75) is 63.7 Å². The number of unbranched alkanes of at least 4 members (excludes halogenated alkanes) is 5. The Morgan fingerprint density at radius 3 is 2.47 bits per heavy atom. The van der Waals surface area contributed by atoms with Gasteiger partial charge in [0.25, 0.3) is 0 Å². The molecule has 0 amide bonds. The maximum absolute atomic E-state index is 9.71. The summed E-state index contributed by atoms with van der Waals surface area (Å²) in [4.78, 5) is 0. The number of ether oxygens (including phenoxy) is 1.